The molecule has 0 saturated heterocycles. The van der Waals surface area contributed by atoms with E-state index < -0.39 is 23.4 Å². The molecule has 0 unspecified atom stereocenters. The first-order valence-corrected chi connectivity index (χ1v) is 7.81. The van der Waals surface area contributed by atoms with Gasteiger partial charge in [0.25, 0.3) is 11.6 Å². The quantitative estimate of drug-likeness (QED) is 0.371. The van der Waals surface area contributed by atoms with Gasteiger partial charge in [0.15, 0.2) is 6.61 Å². The number of hydrogen-bond donors (Lipinski definition) is 1. The van der Waals surface area contributed by atoms with Crippen molar-refractivity contribution in [1.82, 2.24) is 0 Å². The summed E-state index contributed by atoms with van der Waals surface area (Å²) in [6.45, 7) is 3.44. The van der Waals surface area contributed by atoms with Gasteiger partial charge in [-0.15, -0.1) is 0 Å². The zero-order valence-corrected chi connectivity index (χ0v) is 14.4. The average molecular weight is 354 g/mol. The number of benzene rings is 2. The molecule has 1 N–H and O–H groups in total. The Hall–Kier alpha value is -3.48. The molecule has 0 aliphatic carbocycles. The van der Waals surface area contributed by atoms with Crippen LogP contribution in [0.5, 0.6) is 0 Å². The van der Waals surface area contributed by atoms with Crippen molar-refractivity contribution in [2.75, 3.05) is 11.9 Å². The highest BCUT2D eigenvalue weighted by molar-refractivity contribution is 5.94. The molecule has 0 fully saturated rings. The van der Waals surface area contributed by atoms with E-state index >= 15 is 0 Å². The second-order valence-electron chi connectivity index (χ2n) is 5.71. The second-order valence-corrected chi connectivity index (χ2v) is 5.71. The van der Waals surface area contributed by atoms with E-state index in [2.05, 4.69) is 5.32 Å². The molecule has 0 aliphatic rings. The van der Waals surface area contributed by atoms with Crippen molar-refractivity contribution in [1.29, 1.82) is 0 Å². The topological polar surface area (TPSA) is 98.5 Å². The minimum atomic E-state index is -0.682. The summed E-state index contributed by atoms with van der Waals surface area (Å²) in [6, 6.07) is 11.3. The van der Waals surface area contributed by atoms with Crippen molar-refractivity contribution in [2.45, 2.75) is 13.8 Å². The number of nitrogens with zero attached hydrogens (tertiary/aromatic N) is 1. The molecule has 7 nitrogen and oxygen atoms in total. The minimum Gasteiger partial charge on any atom is -0.452 e. The zero-order chi connectivity index (χ0) is 19.1. The Morgan fingerprint density at radius 2 is 1.73 bits per heavy atom. The molecule has 0 radical (unpaired) electrons. The first kappa shape index (κ1) is 18.9. The fourth-order valence-electron chi connectivity index (χ4n) is 2.30. The second kappa shape index (κ2) is 8.57. The van der Waals surface area contributed by atoms with E-state index in [1.807, 2.05) is 32.0 Å². The van der Waals surface area contributed by atoms with Crippen molar-refractivity contribution in [3.63, 3.8) is 0 Å². The number of amides is 1. The smallest absolute Gasteiger partial charge is 0.331 e. The number of ether oxygens (including phenoxy) is 1. The summed E-state index contributed by atoms with van der Waals surface area (Å²) in [6.07, 6.45) is 2.61. The molecule has 2 rings (SSSR count). The number of anilines is 1. The molecule has 0 spiro atoms. The third-order valence-corrected chi connectivity index (χ3v) is 3.37. The van der Waals surface area contributed by atoms with Crippen LogP contribution in [0.1, 0.15) is 16.7 Å². The molecule has 2 aromatic carbocycles. The van der Waals surface area contributed by atoms with E-state index in [4.69, 9.17) is 4.74 Å². The van der Waals surface area contributed by atoms with Crippen LogP contribution in [0.3, 0.4) is 0 Å². The van der Waals surface area contributed by atoms with E-state index in [0.717, 1.165) is 17.2 Å². The molecular weight excluding hydrogens is 336 g/mol. The van der Waals surface area contributed by atoms with Crippen molar-refractivity contribution < 1.29 is 19.2 Å². The van der Waals surface area contributed by atoms with Gasteiger partial charge in [-0.2, -0.15) is 0 Å². The van der Waals surface area contributed by atoms with Crippen LogP contribution in [0.25, 0.3) is 6.08 Å². The number of non-ortho nitro benzene ring substituents is 1. The van der Waals surface area contributed by atoms with E-state index in [1.165, 1.54) is 30.3 Å². The summed E-state index contributed by atoms with van der Waals surface area (Å²) in [5, 5.41) is 13.2. The van der Waals surface area contributed by atoms with Crippen LogP contribution >= 0.6 is 0 Å². The predicted octanol–water partition coefficient (Wildman–Crippen LogP) is 3.41. The molecule has 1 amide bonds. The highest BCUT2D eigenvalue weighted by atomic mass is 16.6. The summed E-state index contributed by atoms with van der Waals surface area (Å²) in [4.78, 5) is 33.6. The van der Waals surface area contributed by atoms with Crippen LogP contribution in [0, 0.1) is 24.0 Å². The van der Waals surface area contributed by atoms with Gasteiger partial charge in [0.1, 0.15) is 0 Å². The van der Waals surface area contributed by atoms with E-state index in [-0.39, 0.29) is 5.69 Å². The third-order valence-electron chi connectivity index (χ3n) is 3.37. The van der Waals surface area contributed by atoms with Crippen LogP contribution in [0.4, 0.5) is 11.4 Å². The number of nitrogens with one attached hydrogen (secondary N) is 1. The van der Waals surface area contributed by atoms with Gasteiger partial charge in [-0.25, -0.2) is 4.79 Å². The summed E-state index contributed by atoms with van der Waals surface area (Å²) < 4.78 is 4.87. The maximum absolute atomic E-state index is 11.8. The highest BCUT2D eigenvalue weighted by Gasteiger charge is 2.07. The SMILES string of the molecule is Cc1cc(C)cc(NC(=O)COC(=O)/C=C/c2ccc([N+](=O)[O-])cc2)c1. The molecular formula is C19H18N2O5. The number of aryl methyl sites for hydroxylation is 2. The monoisotopic (exact) mass is 354 g/mol. The van der Waals surface area contributed by atoms with Crippen LogP contribution in [-0.2, 0) is 14.3 Å². The molecule has 0 saturated carbocycles. The standard InChI is InChI=1S/C19H18N2O5/c1-13-9-14(2)11-16(10-13)20-18(22)12-26-19(23)8-5-15-3-6-17(7-4-15)21(24)25/h3-11H,12H2,1-2H3,(H,20,22)/b8-5+. The summed E-state index contributed by atoms with van der Waals surface area (Å²) in [7, 11) is 0. The molecule has 0 atom stereocenters. The Balaban J connectivity index is 1.83. The number of carbonyl (C=O) groups excluding carboxylic acids is 2. The number of esters is 1. The van der Waals surface area contributed by atoms with Crippen molar-refractivity contribution in [3.05, 3.63) is 75.3 Å². The lowest BCUT2D eigenvalue weighted by Gasteiger charge is -2.07. The van der Waals surface area contributed by atoms with Crippen molar-refractivity contribution >= 4 is 29.3 Å². The lowest BCUT2D eigenvalue weighted by molar-refractivity contribution is -0.384. The molecule has 0 bridgehead atoms. The van der Waals surface area contributed by atoms with Gasteiger partial charge in [0.2, 0.25) is 0 Å². The van der Waals surface area contributed by atoms with E-state index in [9.17, 15) is 19.7 Å². The third kappa shape index (κ3) is 5.86. The van der Waals surface area contributed by atoms with Crippen LogP contribution in [0.15, 0.2) is 48.5 Å². The van der Waals surface area contributed by atoms with E-state index in [0.29, 0.717) is 11.3 Å². The summed E-state index contributed by atoms with van der Waals surface area (Å²) in [5.41, 5.74) is 3.25. The Bertz CT molecular complexity index is 836. The van der Waals surface area contributed by atoms with Crippen LogP contribution in [-0.4, -0.2) is 23.4 Å². The van der Waals surface area contributed by atoms with Gasteiger partial charge < -0.3 is 10.1 Å². The van der Waals surface area contributed by atoms with Crippen molar-refractivity contribution in [3.8, 4) is 0 Å². The molecule has 26 heavy (non-hydrogen) atoms. The molecule has 0 aliphatic heterocycles. The van der Waals surface area contributed by atoms with Crippen LogP contribution in [0.2, 0.25) is 0 Å². The lowest BCUT2D eigenvalue weighted by atomic mass is 10.1. The fourth-order valence-corrected chi connectivity index (χ4v) is 2.30. The fraction of sp³-hybridized carbons (Fsp3) is 0.158. The molecule has 2 aromatic rings. The summed E-state index contributed by atoms with van der Waals surface area (Å²) in [5.74, 6) is -1.12. The van der Waals surface area contributed by atoms with Gasteiger partial charge in [0, 0.05) is 23.9 Å². The first-order valence-electron chi connectivity index (χ1n) is 7.81. The minimum absolute atomic E-state index is 0.0345. The Labute approximate surface area is 150 Å². The maximum Gasteiger partial charge on any atom is 0.331 e. The molecule has 7 heteroatoms. The molecule has 134 valence electrons. The van der Waals surface area contributed by atoms with Gasteiger partial charge in [-0.05, 0) is 60.9 Å². The maximum atomic E-state index is 11.8. The number of carbonyl (C=O) groups is 2. The highest BCUT2D eigenvalue weighted by Crippen LogP contribution is 2.14. The Kier molecular flexibility index (Phi) is 6.21. The number of nitro groups is 1. The van der Waals surface area contributed by atoms with Gasteiger partial charge >= 0.3 is 5.97 Å². The summed E-state index contributed by atoms with van der Waals surface area (Å²) >= 11 is 0. The van der Waals surface area contributed by atoms with Crippen molar-refractivity contribution in [2.24, 2.45) is 0 Å². The number of rotatable bonds is 6. The van der Waals surface area contributed by atoms with Gasteiger partial charge in [-0.3, -0.25) is 14.9 Å². The first-order chi connectivity index (χ1) is 12.3. The Morgan fingerprint density at radius 1 is 1.12 bits per heavy atom. The van der Waals surface area contributed by atoms with Crippen LogP contribution < -0.4 is 5.32 Å². The lowest BCUT2D eigenvalue weighted by Crippen LogP contribution is -2.20. The van der Waals surface area contributed by atoms with Gasteiger partial charge in [-0.1, -0.05) is 6.07 Å². The number of nitro benzene ring substituents is 1. The normalized spacial score (nSPS) is 10.5. The largest absolute Gasteiger partial charge is 0.452 e. The average Bonchev–Trinajstić information content (AvgIpc) is 2.57. The van der Waals surface area contributed by atoms with Gasteiger partial charge in [0.05, 0.1) is 4.92 Å². The van der Waals surface area contributed by atoms with E-state index in [1.54, 1.807) is 0 Å². The number of hydrogen-bond acceptors (Lipinski definition) is 5. The zero-order valence-electron chi connectivity index (χ0n) is 14.4. The molecule has 0 heterocycles. The Morgan fingerprint density at radius 3 is 2.31 bits per heavy atom. The molecule has 0 aromatic heterocycles. The predicted molar refractivity (Wildman–Crippen MR) is 97.6 cm³/mol.